The lowest BCUT2D eigenvalue weighted by atomic mass is 10.0. The van der Waals surface area contributed by atoms with Crippen molar-refractivity contribution in [3.05, 3.63) is 101 Å². The number of rotatable bonds is 2. The highest BCUT2D eigenvalue weighted by atomic mass is 35.5. The van der Waals surface area contributed by atoms with Gasteiger partial charge in [-0.15, -0.1) is 0 Å². The third-order valence-corrected chi connectivity index (χ3v) is 5.40. The van der Waals surface area contributed by atoms with E-state index in [1.165, 1.54) is 17.1 Å². The van der Waals surface area contributed by atoms with Crippen molar-refractivity contribution in [1.29, 1.82) is 0 Å². The van der Waals surface area contributed by atoms with E-state index < -0.39 is 5.56 Å². The molecule has 0 bridgehead atoms. The van der Waals surface area contributed by atoms with Crippen LogP contribution in [0.5, 0.6) is 0 Å². The third-order valence-electron chi connectivity index (χ3n) is 3.90. The maximum Gasteiger partial charge on any atom is 0.287 e. The van der Waals surface area contributed by atoms with Crippen LogP contribution in [0.3, 0.4) is 0 Å². The van der Waals surface area contributed by atoms with Crippen LogP contribution in [0.25, 0.3) is 10.8 Å². The van der Waals surface area contributed by atoms with Crippen LogP contribution in [-0.4, -0.2) is 20.0 Å². The van der Waals surface area contributed by atoms with Gasteiger partial charge in [0.15, 0.2) is 0 Å². The summed E-state index contributed by atoms with van der Waals surface area (Å²) < 4.78 is 1.32. The molecule has 0 aliphatic carbocycles. The first-order valence-electron chi connectivity index (χ1n) is 8.15. The molecule has 0 unspecified atom stereocenters. The minimum Gasteiger partial charge on any atom is -0.266 e. The van der Waals surface area contributed by atoms with Crippen LogP contribution < -0.4 is 11.1 Å². The molecule has 6 nitrogen and oxygen atoms in total. The molecule has 10 heteroatoms. The summed E-state index contributed by atoms with van der Waals surface area (Å²) in [6.45, 7) is 0.358. The standard InChI is InChI=1S/C15H10Cl2N2O.C4H2Cl2N2O/c16-13-8-18-19(15(20)14(13)17)9-11-6-3-5-10-4-1-2-7-12(10)11;5-2-1-7-8-4(9)3(2)6/h1-8H,9H2;1H,(H,8,9). The molecule has 2 aromatic carbocycles. The van der Waals surface area contributed by atoms with E-state index in [0.717, 1.165) is 16.3 Å². The number of fused-ring (bicyclic) bond motifs is 1. The number of aromatic nitrogens is 4. The Morgan fingerprint density at radius 3 is 2.28 bits per heavy atom. The number of aromatic amines is 1. The fraction of sp³-hybridized carbons (Fsp3) is 0.0526. The van der Waals surface area contributed by atoms with Crippen LogP contribution in [0.1, 0.15) is 5.56 Å². The zero-order valence-electron chi connectivity index (χ0n) is 14.6. The van der Waals surface area contributed by atoms with Crippen LogP contribution >= 0.6 is 46.4 Å². The average molecular weight is 470 g/mol. The third kappa shape index (κ3) is 4.97. The summed E-state index contributed by atoms with van der Waals surface area (Å²) in [5.74, 6) is 0. The Morgan fingerprint density at radius 1 is 0.862 bits per heavy atom. The summed E-state index contributed by atoms with van der Waals surface area (Å²) in [5, 5.41) is 12.1. The van der Waals surface area contributed by atoms with Crippen molar-refractivity contribution in [3.8, 4) is 0 Å². The van der Waals surface area contributed by atoms with E-state index in [4.69, 9.17) is 46.4 Å². The summed E-state index contributed by atoms with van der Waals surface area (Å²) in [6, 6.07) is 14.0. The second-order valence-electron chi connectivity index (χ2n) is 5.77. The summed E-state index contributed by atoms with van der Waals surface area (Å²) in [7, 11) is 0. The molecule has 0 atom stereocenters. The minimum atomic E-state index is -0.468. The second-order valence-corrected chi connectivity index (χ2v) is 7.34. The summed E-state index contributed by atoms with van der Waals surface area (Å²) in [5.41, 5.74) is 0.160. The second kappa shape index (κ2) is 9.41. The van der Waals surface area contributed by atoms with E-state index in [0.29, 0.717) is 6.54 Å². The number of hydrogen-bond donors (Lipinski definition) is 1. The molecule has 29 heavy (non-hydrogen) atoms. The molecule has 4 aromatic rings. The van der Waals surface area contributed by atoms with Crippen molar-refractivity contribution in [2.45, 2.75) is 6.54 Å². The normalized spacial score (nSPS) is 10.5. The number of halogens is 4. The van der Waals surface area contributed by atoms with E-state index in [9.17, 15) is 9.59 Å². The molecule has 0 fully saturated rings. The summed E-state index contributed by atoms with van der Waals surface area (Å²) in [4.78, 5) is 22.5. The van der Waals surface area contributed by atoms with E-state index in [2.05, 4.69) is 15.3 Å². The number of nitrogens with one attached hydrogen (secondary N) is 1. The molecule has 4 rings (SSSR count). The molecular formula is C19H12Cl4N4O2. The largest absolute Gasteiger partial charge is 0.287 e. The van der Waals surface area contributed by atoms with Crippen molar-refractivity contribution in [1.82, 2.24) is 20.0 Å². The van der Waals surface area contributed by atoms with Gasteiger partial charge in [0.05, 0.1) is 29.0 Å². The van der Waals surface area contributed by atoms with Gasteiger partial charge in [-0.05, 0) is 16.3 Å². The van der Waals surface area contributed by atoms with Crippen molar-refractivity contribution in [3.63, 3.8) is 0 Å². The van der Waals surface area contributed by atoms with Gasteiger partial charge in [0.25, 0.3) is 11.1 Å². The quantitative estimate of drug-likeness (QED) is 0.456. The van der Waals surface area contributed by atoms with E-state index in [1.807, 2.05) is 42.5 Å². The van der Waals surface area contributed by atoms with Crippen molar-refractivity contribution in [2.24, 2.45) is 0 Å². The fourth-order valence-electron chi connectivity index (χ4n) is 2.51. The molecule has 0 radical (unpaired) electrons. The minimum absolute atomic E-state index is 0.00176. The highest BCUT2D eigenvalue weighted by Crippen LogP contribution is 2.20. The Labute approximate surface area is 184 Å². The van der Waals surface area contributed by atoms with Gasteiger partial charge < -0.3 is 0 Å². The Balaban J connectivity index is 0.000000224. The highest BCUT2D eigenvalue weighted by molar-refractivity contribution is 6.42. The van der Waals surface area contributed by atoms with Gasteiger partial charge >= 0.3 is 0 Å². The maximum absolute atomic E-state index is 12.0. The zero-order chi connectivity index (χ0) is 21.0. The molecule has 148 valence electrons. The van der Waals surface area contributed by atoms with Crippen LogP contribution in [0.15, 0.2) is 64.4 Å². The number of hydrogen-bond acceptors (Lipinski definition) is 4. The fourth-order valence-corrected chi connectivity index (χ4v) is 3.01. The molecule has 2 aromatic heterocycles. The predicted molar refractivity (Wildman–Crippen MR) is 116 cm³/mol. The predicted octanol–water partition coefficient (Wildman–Crippen LogP) is 4.83. The smallest absolute Gasteiger partial charge is 0.266 e. The Kier molecular flexibility index (Phi) is 6.92. The lowest BCUT2D eigenvalue weighted by Crippen LogP contribution is -2.23. The molecule has 1 N–H and O–H groups in total. The van der Waals surface area contributed by atoms with Crippen LogP contribution in [0.4, 0.5) is 0 Å². The summed E-state index contributed by atoms with van der Waals surface area (Å²) in [6.07, 6.45) is 2.65. The van der Waals surface area contributed by atoms with Gasteiger partial charge in [-0.2, -0.15) is 10.2 Å². The Morgan fingerprint density at radius 2 is 1.55 bits per heavy atom. The molecule has 0 aliphatic rings. The lowest BCUT2D eigenvalue weighted by Gasteiger charge is -2.08. The van der Waals surface area contributed by atoms with E-state index in [1.54, 1.807) is 0 Å². The first-order chi connectivity index (χ1) is 13.9. The molecule has 2 heterocycles. The zero-order valence-corrected chi connectivity index (χ0v) is 17.6. The van der Waals surface area contributed by atoms with Crippen LogP contribution in [0, 0.1) is 0 Å². The van der Waals surface area contributed by atoms with Gasteiger partial charge in [-0.1, -0.05) is 88.9 Å². The van der Waals surface area contributed by atoms with Crippen molar-refractivity contribution < 1.29 is 0 Å². The maximum atomic E-state index is 12.0. The first kappa shape index (κ1) is 21.3. The van der Waals surface area contributed by atoms with Crippen molar-refractivity contribution in [2.75, 3.05) is 0 Å². The van der Waals surface area contributed by atoms with Gasteiger partial charge in [-0.25, -0.2) is 9.78 Å². The van der Waals surface area contributed by atoms with Gasteiger partial charge in [0, 0.05) is 0 Å². The first-order valence-corrected chi connectivity index (χ1v) is 9.66. The molecule has 0 amide bonds. The van der Waals surface area contributed by atoms with Gasteiger partial charge in [0.2, 0.25) is 0 Å². The Bertz CT molecular complexity index is 1280. The molecule has 0 saturated carbocycles. The van der Waals surface area contributed by atoms with Gasteiger partial charge in [0.1, 0.15) is 10.0 Å². The Hall–Kier alpha value is -2.38. The lowest BCUT2D eigenvalue weighted by molar-refractivity contribution is 0.642. The topological polar surface area (TPSA) is 80.6 Å². The van der Waals surface area contributed by atoms with Crippen molar-refractivity contribution >= 4 is 57.2 Å². The number of benzene rings is 2. The highest BCUT2D eigenvalue weighted by Gasteiger charge is 2.09. The van der Waals surface area contributed by atoms with Crippen LogP contribution in [0.2, 0.25) is 20.1 Å². The van der Waals surface area contributed by atoms with E-state index >= 15 is 0 Å². The SMILES string of the molecule is O=c1[nH]ncc(Cl)c1Cl.O=c1c(Cl)c(Cl)cnn1Cc1cccc2ccccc12. The summed E-state index contributed by atoms with van der Waals surface area (Å²) >= 11 is 22.4. The molecule has 0 spiro atoms. The molecular weight excluding hydrogens is 458 g/mol. The number of nitrogens with zero attached hydrogens (tertiary/aromatic N) is 3. The van der Waals surface area contributed by atoms with Crippen LogP contribution in [-0.2, 0) is 6.54 Å². The van der Waals surface area contributed by atoms with Gasteiger partial charge in [-0.3, -0.25) is 9.59 Å². The molecule has 0 aliphatic heterocycles. The monoisotopic (exact) mass is 468 g/mol. The molecule has 0 saturated heterocycles. The van der Waals surface area contributed by atoms with E-state index in [-0.39, 0.29) is 25.6 Å². The average Bonchev–Trinajstić information content (AvgIpc) is 2.73. The number of H-pyrrole nitrogens is 1.